The molecule has 1 amide bonds. The summed E-state index contributed by atoms with van der Waals surface area (Å²) in [5.41, 5.74) is 2.12. The van der Waals surface area contributed by atoms with Gasteiger partial charge < -0.3 is 5.32 Å². The molecule has 1 aromatic carbocycles. The molecule has 2 nitrogen and oxygen atoms in total. The third-order valence-corrected chi connectivity index (χ3v) is 4.71. The van der Waals surface area contributed by atoms with Crippen molar-refractivity contribution >= 4 is 27.5 Å². The molecule has 0 spiro atoms. The Morgan fingerprint density at radius 3 is 2.82 bits per heavy atom. The van der Waals surface area contributed by atoms with Gasteiger partial charge in [0, 0.05) is 16.9 Å². The lowest BCUT2D eigenvalue weighted by molar-refractivity contribution is -0.118. The molecular formula is C14H16BrNO. The molecule has 0 heterocycles. The van der Waals surface area contributed by atoms with E-state index in [1.54, 1.807) is 0 Å². The number of halogens is 1. The maximum atomic E-state index is 12.1. The zero-order valence-electron chi connectivity index (χ0n) is 9.66. The lowest BCUT2D eigenvalue weighted by Gasteiger charge is -2.07. The monoisotopic (exact) mass is 293 g/mol. The summed E-state index contributed by atoms with van der Waals surface area (Å²) in [6.07, 6.45) is 3.83. The summed E-state index contributed by atoms with van der Waals surface area (Å²) in [4.78, 5) is 12.1. The minimum atomic E-state index is 0.228. The topological polar surface area (TPSA) is 29.1 Å². The molecule has 2 atom stereocenters. The van der Waals surface area contributed by atoms with E-state index >= 15 is 0 Å². The van der Waals surface area contributed by atoms with E-state index < -0.39 is 0 Å². The molecule has 17 heavy (non-hydrogen) atoms. The summed E-state index contributed by atoms with van der Waals surface area (Å²) >= 11 is 3.43. The standard InChI is InChI=1S/C14H16BrNO/c15-8-9-3-1-4-10(7-9)16-14(17)13-11-5-2-6-12(11)13/h1,3-4,7,11-13H,2,5-6,8H2,(H,16,17). The van der Waals surface area contributed by atoms with Crippen LogP contribution in [0.25, 0.3) is 0 Å². The fraction of sp³-hybridized carbons (Fsp3) is 0.500. The van der Waals surface area contributed by atoms with Crippen LogP contribution in [-0.2, 0) is 10.1 Å². The van der Waals surface area contributed by atoms with Crippen molar-refractivity contribution in [3.8, 4) is 0 Å². The highest BCUT2D eigenvalue weighted by atomic mass is 79.9. The Morgan fingerprint density at radius 1 is 1.35 bits per heavy atom. The predicted octanol–water partition coefficient (Wildman–Crippen LogP) is 3.57. The lowest BCUT2D eigenvalue weighted by atomic mass is 10.1. The van der Waals surface area contributed by atoms with E-state index in [1.807, 2.05) is 18.2 Å². The van der Waals surface area contributed by atoms with Crippen LogP contribution in [0.5, 0.6) is 0 Å². The first kappa shape index (κ1) is 11.3. The average molecular weight is 294 g/mol. The summed E-state index contributed by atoms with van der Waals surface area (Å²) in [5, 5.41) is 3.87. The first-order valence-corrected chi connectivity index (χ1v) is 7.37. The molecule has 90 valence electrons. The number of carbonyl (C=O) groups excluding carboxylic acids is 1. The minimum Gasteiger partial charge on any atom is -0.326 e. The third kappa shape index (κ3) is 2.13. The Balaban J connectivity index is 1.64. The fourth-order valence-electron chi connectivity index (χ4n) is 3.17. The number of carbonyl (C=O) groups is 1. The molecule has 1 aromatic rings. The number of rotatable bonds is 3. The molecule has 3 rings (SSSR count). The SMILES string of the molecule is O=C(Nc1cccc(CBr)c1)C1C2CCCC21. The first-order valence-electron chi connectivity index (χ1n) is 6.25. The minimum absolute atomic E-state index is 0.228. The van der Waals surface area contributed by atoms with E-state index in [2.05, 4.69) is 27.3 Å². The van der Waals surface area contributed by atoms with Crippen molar-refractivity contribution in [3.63, 3.8) is 0 Å². The van der Waals surface area contributed by atoms with Gasteiger partial charge in [0.15, 0.2) is 0 Å². The van der Waals surface area contributed by atoms with Crippen LogP contribution >= 0.6 is 15.9 Å². The first-order chi connectivity index (χ1) is 8.29. The van der Waals surface area contributed by atoms with Crippen molar-refractivity contribution < 1.29 is 4.79 Å². The molecule has 2 saturated carbocycles. The van der Waals surface area contributed by atoms with Crippen LogP contribution in [0.2, 0.25) is 0 Å². The lowest BCUT2D eigenvalue weighted by Crippen LogP contribution is -2.16. The van der Waals surface area contributed by atoms with Gasteiger partial charge in [-0.1, -0.05) is 34.5 Å². The number of benzene rings is 1. The Bertz CT molecular complexity index is 436. The third-order valence-electron chi connectivity index (χ3n) is 4.06. The van der Waals surface area contributed by atoms with Crippen LogP contribution in [0.15, 0.2) is 24.3 Å². The van der Waals surface area contributed by atoms with Gasteiger partial charge in [0.2, 0.25) is 5.91 Å². The highest BCUT2D eigenvalue weighted by molar-refractivity contribution is 9.08. The Kier molecular flexibility index (Phi) is 2.95. The molecule has 3 heteroatoms. The molecule has 2 aliphatic rings. The molecule has 1 N–H and O–H groups in total. The molecule has 0 radical (unpaired) electrons. The molecule has 2 fully saturated rings. The molecule has 0 aliphatic heterocycles. The van der Waals surface area contributed by atoms with Crippen molar-refractivity contribution in [2.45, 2.75) is 24.6 Å². The van der Waals surface area contributed by atoms with Crippen molar-refractivity contribution in [3.05, 3.63) is 29.8 Å². The van der Waals surface area contributed by atoms with Gasteiger partial charge in [-0.15, -0.1) is 0 Å². The summed E-state index contributed by atoms with van der Waals surface area (Å²) in [5.74, 6) is 1.91. The number of alkyl halides is 1. The van der Waals surface area contributed by atoms with Crippen LogP contribution in [0.1, 0.15) is 24.8 Å². The summed E-state index contributed by atoms with van der Waals surface area (Å²) in [6, 6.07) is 8.03. The smallest absolute Gasteiger partial charge is 0.228 e. The van der Waals surface area contributed by atoms with Crippen LogP contribution in [0.3, 0.4) is 0 Å². The molecule has 2 unspecified atom stereocenters. The quantitative estimate of drug-likeness (QED) is 0.848. The number of anilines is 1. The largest absolute Gasteiger partial charge is 0.326 e. The molecule has 0 saturated heterocycles. The summed E-state index contributed by atoms with van der Waals surface area (Å²) in [7, 11) is 0. The second-order valence-electron chi connectivity index (χ2n) is 5.11. The van der Waals surface area contributed by atoms with Gasteiger partial charge in [-0.25, -0.2) is 0 Å². The van der Waals surface area contributed by atoms with Crippen molar-refractivity contribution in [2.24, 2.45) is 17.8 Å². The van der Waals surface area contributed by atoms with E-state index in [0.29, 0.717) is 17.8 Å². The van der Waals surface area contributed by atoms with E-state index in [4.69, 9.17) is 0 Å². The van der Waals surface area contributed by atoms with Gasteiger partial charge >= 0.3 is 0 Å². The fourth-order valence-corrected chi connectivity index (χ4v) is 3.52. The van der Waals surface area contributed by atoms with E-state index in [1.165, 1.54) is 24.8 Å². The van der Waals surface area contributed by atoms with Crippen molar-refractivity contribution in [1.82, 2.24) is 0 Å². The predicted molar refractivity (Wildman–Crippen MR) is 72.0 cm³/mol. The zero-order valence-corrected chi connectivity index (χ0v) is 11.2. The molecule has 2 aliphatic carbocycles. The molecular weight excluding hydrogens is 278 g/mol. The average Bonchev–Trinajstić information content (AvgIpc) is 2.84. The van der Waals surface area contributed by atoms with Gasteiger partial charge in [0.25, 0.3) is 0 Å². The second kappa shape index (κ2) is 4.45. The second-order valence-corrected chi connectivity index (χ2v) is 5.67. The van der Waals surface area contributed by atoms with Gasteiger partial charge in [-0.3, -0.25) is 4.79 Å². The maximum absolute atomic E-state index is 12.1. The number of fused-ring (bicyclic) bond motifs is 1. The van der Waals surface area contributed by atoms with Crippen molar-refractivity contribution in [1.29, 1.82) is 0 Å². The van der Waals surface area contributed by atoms with Crippen LogP contribution < -0.4 is 5.32 Å². The number of nitrogens with one attached hydrogen (secondary N) is 1. The normalized spacial score (nSPS) is 29.8. The van der Waals surface area contributed by atoms with E-state index in [0.717, 1.165) is 11.0 Å². The highest BCUT2D eigenvalue weighted by Crippen LogP contribution is 2.57. The van der Waals surface area contributed by atoms with E-state index in [9.17, 15) is 4.79 Å². The summed E-state index contributed by atoms with van der Waals surface area (Å²) < 4.78 is 0. The highest BCUT2D eigenvalue weighted by Gasteiger charge is 2.56. The van der Waals surface area contributed by atoms with Gasteiger partial charge in [0.05, 0.1) is 0 Å². The van der Waals surface area contributed by atoms with Gasteiger partial charge in [0.1, 0.15) is 0 Å². The van der Waals surface area contributed by atoms with Gasteiger partial charge in [-0.2, -0.15) is 0 Å². The zero-order chi connectivity index (χ0) is 11.8. The molecule has 0 aromatic heterocycles. The Hall–Kier alpha value is -0.830. The van der Waals surface area contributed by atoms with Crippen LogP contribution in [-0.4, -0.2) is 5.91 Å². The number of amides is 1. The van der Waals surface area contributed by atoms with Gasteiger partial charge in [-0.05, 0) is 42.4 Å². The summed E-state index contributed by atoms with van der Waals surface area (Å²) in [6.45, 7) is 0. The number of hydrogen-bond acceptors (Lipinski definition) is 1. The van der Waals surface area contributed by atoms with Crippen LogP contribution in [0.4, 0.5) is 5.69 Å². The van der Waals surface area contributed by atoms with Crippen LogP contribution in [0, 0.1) is 17.8 Å². The Labute approximate surface area is 110 Å². The maximum Gasteiger partial charge on any atom is 0.228 e. The number of hydrogen-bond donors (Lipinski definition) is 1. The molecule has 0 bridgehead atoms. The van der Waals surface area contributed by atoms with E-state index in [-0.39, 0.29) is 5.91 Å². The Morgan fingerprint density at radius 2 is 2.12 bits per heavy atom. The van der Waals surface area contributed by atoms with Crippen molar-refractivity contribution in [2.75, 3.05) is 5.32 Å².